The highest BCUT2D eigenvalue weighted by Gasteiger charge is 2.22. The van der Waals surface area contributed by atoms with E-state index in [4.69, 9.17) is 9.84 Å². The van der Waals surface area contributed by atoms with Gasteiger partial charge in [0.05, 0.1) is 10.6 Å². The van der Waals surface area contributed by atoms with Crippen LogP contribution < -0.4 is 4.74 Å². The van der Waals surface area contributed by atoms with Gasteiger partial charge in [0, 0.05) is 17.3 Å². The van der Waals surface area contributed by atoms with Gasteiger partial charge < -0.3 is 4.74 Å². The fraction of sp³-hybridized carbons (Fsp3) is 0.0370. The predicted octanol–water partition coefficient (Wildman–Crippen LogP) is 5.44. The predicted molar refractivity (Wildman–Crippen MR) is 132 cm³/mol. The number of ether oxygens (including phenoxy) is 1. The lowest BCUT2D eigenvalue weighted by molar-refractivity contribution is 0.363. The standard InChI is InChI=1S/C27H21N3O3S/c1-2-17-33-24-15-13-21(14-16-24)27-22(20-30(29-27)23-9-5-3-6-10-23)18-26(19-28)34(31,32)25-11-7-4-8-12-25/h2-16,18,20H,1,17H2. The largest absolute Gasteiger partial charge is 0.490 e. The first-order valence-corrected chi connectivity index (χ1v) is 11.9. The van der Waals surface area contributed by atoms with E-state index in [0.717, 1.165) is 11.3 Å². The molecule has 3 aromatic carbocycles. The number of para-hydroxylation sites is 1. The molecule has 1 aromatic heterocycles. The maximum Gasteiger partial charge on any atom is 0.216 e. The van der Waals surface area contributed by atoms with Gasteiger partial charge in [0.1, 0.15) is 29.0 Å². The lowest BCUT2D eigenvalue weighted by Gasteiger charge is -2.05. The Balaban J connectivity index is 1.83. The number of aromatic nitrogens is 2. The van der Waals surface area contributed by atoms with Gasteiger partial charge in [0.15, 0.2) is 0 Å². The fourth-order valence-corrected chi connectivity index (χ4v) is 4.50. The summed E-state index contributed by atoms with van der Waals surface area (Å²) in [7, 11) is -3.99. The number of hydrogen-bond donors (Lipinski definition) is 0. The van der Waals surface area contributed by atoms with Crippen LogP contribution in [-0.2, 0) is 9.84 Å². The summed E-state index contributed by atoms with van der Waals surface area (Å²) in [5, 5.41) is 14.4. The Bertz CT molecular complexity index is 1470. The summed E-state index contributed by atoms with van der Waals surface area (Å²) in [5.74, 6) is 0.674. The average molecular weight is 468 g/mol. The lowest BCUT2D eigenvalue weighted by atomic mass is 10.1. The molecule has 0 aliphatic carbocycles. The monoisotopic (exact) mass is 467 g/mol. The maximum atomic E-state index is 13.1. The van der Waals surface area contributed by atoms with Gasteiger partial charge in [0.2, 0.25) is 9.84 Å². The Morgan fingerprint density at radius 1 is 1.00 bits per heavy atom. The van der Waals surface area contributed by atoms with E-state index in [1.807, 2.05) is 48.5 Å². The molecule has 7 heteroatoms. The summed E-state index contributed by atoms with van der Waals surface area (Å²) < 4.78 is 33.4. The second-order valence-electron chi connectivity index (χ2n) is 7.27. The molecule has 4 rings (SSSR count). The first-order chi connectivity index (χ1) is 16.5. The van der Waals surface area contributed by atoms with Crippen molar-refractivity contribution in [2.45, 2.75) is 4.90 Å². The normalized spacial score (nSPS) is 11.6. The number of hydrogen-bond acceptors (Lipinski definition) is 5. The topological polar surface area (TPSA) is 85.0 Å². The minimum atomic E-state index is -3.99. The van der Waals surface area contributed by atoms with Crippen LogP contribution in [-0.4, -0.2) is 24.8 Å². The van der Waals surface area contributed by atoms with E-state index in [-0.39, 0.29) is 9.80 Å². The molecule has 0 aliphatic heterocycles. The summed E-state index contributed by atoms with van der Waals surface area (Å²) >= 11 is 0. The quantitative estimate of drug-likeness (QED) is 0.254. The zero-order valence-electron chi connectivity index (χ0n) is 18.2. The molecule has 0 saturated carbocycles. The first-order valence-electron chi connectivity index (χ1n) is 10.4. The highest BCUT2D eigenvalue weighted by atomic mass is 32.2. The van der Waals surface area contributed by atoms with E-state index < -0.39 is 9.84 Å². The van der Waals surface area contributed by atoms with E-state index in [1.165, 1.54) is 18.2 Å². The minimum Gasteiger partial charge on any atom is -0.490 e. The number of allylic oxidation sites excluding steroid dienone is 1. The summed E-state index contributed by atoms with van der Waals surface area (Å²) in [6, 6.07) is 26.5. The zero-order valence-corrected chi connectivity index (χ0v) is 19.0. The fourth-order valence-electron chi connectivity index (χ4n) is 3.33. The molecule has 0 fully saturated rings. The van der Waals surface area contributed by atoms with Gasteiger partial charge in [0.25, 0.3) is 0 Å². The third-order valence-corrected chi connectivity index (χ3v) is 6.68. The van der Waals surface area contributed by atoms with Gasteiger partial charge in [-0.1, -0.05) is 49.1 Å². The summed E-state index contributed by atoms with van der Waals surface area (Å²) in [6.07, 6.45) is 4.74. The summed E-state index contributed by atoms with van der Waals surface area (Å²) in [4.78, 5) is -0.304. The third-order valence-electron chi connectivity index (χ3n) is 5.00. The molecule has 0 N–H and O–H groups in total. The number of nitrogens with zero attached hydrogens (tertiary/aromatic N) is 3. The van der Waals surface area contributed by atoms with Crippen LogP contribution in [0.1, 0.15) is 5.56 Å². The third kappa shape index (κ3) is 4.82. The lowest BCUT2D eigenvalue weighted by Crippen LogP contribution is -2.03. The van der Waals surface area contributed by atoms with Gasteiger partial charge in [-0.15, -0.1) is 0 Å². The molecule has 168 valence electrons. The van der Waals surface area contributed by atoms with Crippen LogP contribution in [0.4, 0.5) is 0 Å². The Morgan fingerprint density at radius 3 is 2.26 bits per heavy atom. The van der Waals surface area contributed by atoms with Crippen LogP contribution in [0.2, 0.25) is 0 Å². The molecular weight excluding hydrogens is 446 g/mol. The van der Waals surface area contributed by atoms with Crippen molar-refractivity contribution < 1.29 is 13.2 Å². The van der Waals surface area contributed by atoms with Crippen LogP contribution in [0.5, 0.6) is 5.75 Å². The molecule has 0 saturated heterocycles. The molecule has 34 heavy (non-hydrogen) atoms. The molecule has 0 amide bonds. The first kappa shape index (κ1) is 22.8. The van der Waals surface area contributed by atoms with Crippen LogP contribution in [0.3, 0.4) is 0 Å². The van der Waals surface area contributed by atoms with Crippen molar-refractivity contribution in [3.05, 3.63) is 114 Å². The van der Waals surface area contributed by atoms with Crippen LogP contribution in [0, 0.1) is 11.3 Å². The van der Waals surface area contributed by atoms with E-state index >= 15 is 0 Å². The molecular formula is C27H21N3O3S. The molecule has 0 spiro atoms. The molecule has 0 radical (unpaired) electrons. The molecule has 0 unspecified atom stereocenters. The Kier molecular flexibility index (Phi) is 6.72. The van der Waals surface area contributed by atoms with Gasteiger partial charge in [-0.2, -0.15) is 10.4 Å². The SMILES string of the molecule is C=CCOc1ccc(-c2nn(-c3ccccc3)cc2C=C(C#N)S(=O)(=O)c2ccccc2)cc1. The number of sulfone groups is 1. The highest BCUT2D eigenvalue weighted by Crippen LogP contribution is 2.29. The number of benzene rings is 3. The Hall–Kier alpha value is -4.41. The van der Waals surface area contributed by atoms with Crippen LogP contribution in [0.25, 0.3) is 23.0 Å². The minimum absolute atomic E-state index is 0.0588. The van der Waals surface area contributed by atoms with Crippen molar-refractivity contribution >= 4 is 15.9 Å². The molecule has 1 heterocycles. The maximum absolute atomic E-state index is 13.1. The van der Waals surface area contributed by atoms with Crippen molar-refractivity contribution in [1.82, 2.24) is 9.78 Å². The Morgan fingerprint density at radius 2 is 1.65 bits per heavy atom. The second-order valence-corrected chi connectivity index (χ2v) is 9.19. The van der Waals surface area contributed by atoms with Crippen molar-refractivity contribution in [1.29, 1.82) is 5.26 Å². The van der Waals surface area contributed by atoms with E-state index in [2.05, 4.69) is 6.58 Å². The van der Waals surface area contributed by atoms with Crippen molar-refractivity contribution in [2.75, 3.05) is 6.61 Å². The van der Waals surface area contributed by atoms with E-state index in [0.29, 0.717) is 23.6 Å². The molecule has 0 atom stereocenters. The molecule has 4 aromatic rings. The zero-order chi connectivity index (χ0) is 24.0. The smallest absolute Gasteiger partial charge is 0.216 e. The molecule has 6 nitrogen and oxygen atoms in total. The van der Waals surface area contributed by atoms with Crippen molar-refractivity contribution in [3.63, 3.8) is 0 Å². The number of nitriles is 1. The second kappa shape index (κ2) is 10.0. The number of rotatable bonds is 8. The molecule has 0 aliphatic rings. The van der Waals surface area contributed by atoms with Crippen molar-refractivity contribution in [3.8, 4) is 28.8 Å². The van der Waals surface area contributed by atoms with E-state index in [9.17, 15) is 13.7 Å². The van der Waals surface area contributed by atoms with Gasteiger partial charge in [-0.3, -0.25) is 0 Å². The summed E-state index contributed by atoms with van der Waals surface area (Å²) in [5.41, 5.74) is 2.59. The van der Waals surface area contributed by atoms with Crippen LogP contribution >= 0.6 is 0 Å². The van der Waals surface area contributed by atoms with Gasteiger partial charge >= 0.3 is 0 Å². The van der Waals surface area contributed by atoms with Gasteiger partial charge in [-0.05, 0) is 54.6 Å². The van der Waals surface area contributed by atoms with Crippen LogP contribution in [0.15, 0.2) is 114 Å². The highest BCUT2D eigenvalue weighted by molar-refractivity contribution is 7.95. The van der Waals surface area contributed by atoms with Gasteiger partial charge in [-0.25, -0.2) is 13.1 Å². The Labute approximate surface area is 198 Å². The van der Waals surface area contributed by atoms with E-state index in [1.54, 1.807) is 47.3 Å². The average Bonchev–Trinajstić information content (AvgIpc) is 3.31. The summed E-state index contributed by atoms with van der Waals surface area (Å²) in [6.45, 7) is 4.03. The van der Waals surface area contributed by atoms with Crippen molar-refractivity contribution in [2.24, 2.45) is 0 Å². The molecule has 0 bridgehead atoms.